The van der Waals surface area contributed by atoms with Crippen LogP contribution in [0.25, 0.3) is 16.9 Å². The first kappa shape index (κ1) is 18.9. The van der Waals surface area contributed by atoms with Gasteiger partial charge in [-0.1, -0.05) is 55.0 Å². The SMILES string of the molecule is CC[C@H](C)NC(=O)CCc1cn(-c2ccccc2)nc1-c1ccc(C)cc1. The highest BCUT2D eigenvalue weighted by Gasteiger charge is 2.14. The van der Waals surface area contributed by atoms with E-state index in [1.807, 2.05) is 48.1 Å². The molecular weight excluding hydrogens is 334 g/mol. The molecule has 1 N–H and O–H groups in total. The maximum absolute atomic E-state index is 12.2. The van der Waals surface area contributed by atoms with E-state index in [4.69, 9.17) is 5.10 Å². The Morgan fingerprint density at radius 3 is 2.48 bits per heavy atom. The molecule has 0 aliphatic rings. The van der Waals surface area contributed by atoms with Gasteiger partial charge < -0.3 is 5.32 Å². The number of aromatic nitrogens is 2. The fourth-order valence-corrected chi connectivity index (χ4v) is 2.96. The summed E-state index contributed by atoms with van der Waals surface area (Å²) in [5, 5.41) is 7.86. The number of para-hydroxylation sites is 1. The van der Waals surface area contributed by atoms with Gasteiger partial charge in [-0.05, 0) is 44.4 Å². The average Bonchev–Trinajstić information content (AvgIpc) is 3.12. The van der Waals surface area contributed by atoms with Gasteiger partial charge in [0.2, 0.25) is 5.91 Å². The molecule has 2 aromatic carbocycles. The fraction of sp³-hybridized carbons (Fsp3) is 0.304. The normalized spacial score (nSPS) is 12.0. The van der Waals surface area contributed by atoms with Gasteiger partial charge in [0, 0.05) is 24.2 Å². The van der Waals surface area contributed by atoms with Crippen LogP contribution >= 0.6 is 0 Å². The molecule has 3 rings (SSSR count). The van der Waals surface area contributed by atoms with E-state index in [-0.39, 0.29) is 11.9 Å². The van der Waals surface area contributed by atoms with Crippen molar-refractivity contribution in [1.82, 2.24) is 15.1 Å². The molecule has 4 heteroatoms. The minimum absolute atomic E-state index is 0.0895. The number of rotatable bonds is 7. The summed E-state index contributed by atoms with van der Waals surface area (Å²) >= 11 is 0. The molecule has 0 saturated carbocycles. The minimum atomic E-state index is 0.0895. The third-order valence-corrected chi connectivity index (χ3v) is 4.78. The highest BCUT2D eigenvalue weighted by molar-refractivity contribution is 5.77. The molecule has 1 atom stereocenters. The third-order valence-electron chi connectivity index (χ3n) is 4.78. The Hall–Kier alpha value is -2.88. The van der Waals surface area contributed by atoms with Gasteiger partial charge >= 0.3 is 0 Å². The lowest BCUT2D eigenvalue weighted by Crippen LogP contribution is -2.32. The average molecular weight is 361 g/mol. The molecule has 1 aromatic heterocycles. The highest BCUT2D eigenvalue weighted by atomic mass is 16.1. The zero-order valence-electron chi connectivity index (χ0n) is 16.3. The Kier molecular flexibility index (Phi) is 6.07. The predicted molar refractivity (Wildman–Crippen MR) is 110 cm³/mol. The molecule has 0 aliphatic carbocycles. The summed E-state index contributed by atoms with van der Waals surface area (Å²) in [6.45, 7) is 6.18. The smallest absolute Gasteiger partial charge is 0.220 e. The molecule has 0 fully saturated rings. The van der Waals surface area contributed by atoms with Gasteiger partial charge in [-0.2, -0.15) is 5.10 Å². The van der Waals surface area contributed by atoms with E-state index in [1.165, 1.54) is 5.56 Å². The van der Waals surface area contributed by atoms with Gasteiger partial charge in [0.05, 0.1) is 11.4 Å². The first-order chi connectivity index (χ1) is 13.1. The van der Waals surface area contributed by atoms with Crippen LogP contribution in [0.1, 0.15) is 37.8 Å². The van der Waals surface area contributed by atoms with Crippen LogP contribution in [0.2, 0.25) is 0 Å². The number of hydrogen-bond acceptors (Lipinski definition) is 2. The monoisotopic (exact) mass is 361 g/mol. The maximum atomic E-state index is 12.2. The van der Waals surface area contributed by atoms with Crippen LogP contribution in [0.4, 0.5) is 0 Å². The van der Waals surface area contributed by atoms with Gasteiger partial charge in [0.1, 0.15) is 0 Å². The molecule has 0 unspecified atom stereocenters. The van der Waals surface area contributed by atoms with Crippen LogP contribution < -0.4 is 5.32 Å². The van der Waals surface area contributed by atoms with E-state index in [1.54, 1.807) is 0 Å². The molecule has 27 heavy (non-hydrogen) atoms. The lowest BCUT2D eigenvalue weighted by molar-refractivity contribution is -0.121. The highest BCUT2D eigenvalue weighted by Crippen LogP contribution is 2.25. The first-order valence-electron chi connectivity index (χ1n) is 9.57. The fourth-order valence-electron chi connectivity index (χ4n) is 2.96. The summed E-state index contributed by atoms with van der Waals surface area (Å²) in [5.41, 5.74) is 5.33. The summed E-state index contributed by atoms with van der Waals surface area (Å²) in [4.78, 5) is 12.2. The van der Waals surface area contributed by atoms with Crippen LogP contribution in [-0.4, -0.2) is 21.7 Å². The van der Waals surface area contributed by atoms with Crippen LogP contribution in [0.3, 0.4) is 0 Å². The minimum Gasteiger partial charge on any atom is -0.354 e. The van der Waals surface area contributed by atoms with Gasteiger partial charge in [0.15, 0.2) is 0 Å². The second-order valence-corrected chi connectivity index (χ2v) is 7.03. The van der Waals surface area contributed by atoms with Crippen LogP contribution in [0, 0.1) is 6.92 Å². The standard InChI is InChI=1S/C23H27N3O/c1-4-18(3)24-22(27)15-14-20-16-26(21-8-6-5-7-9-21)25-23(20)19-12-10-17(2)11-13-19/h5-13,16,18H,4,14-15H2,1-3H3,(H,24,27)/t18-/m0/s1. The molecule has 0 spiro atoms. The number of amides is 1. The van der Waals surface area contributed by atoms with Crippen molar-refractivity contribution in [2.24, 2.45) is 0 Å². The van der Waals surface area contributed by atoms with Crippen molar-refractivity contribution in [3.63, 3.8) is 0 Å². The Morgan fingerprint density at radius 2 is 1.81 bits per heavy atom. The van der Waals surface area contributed by atoms with Gasteiger partial charge in [-0.25, -0.2) is 4.68 Å². The van der Waals surface area contributed by atoms with Crippen LogP contribution in [0.5, 0.6) is 0 Å². The topological polar surface area (TPSA) is 46.9 Å². The molecule has 0 saturated heterocycles. The first-order valence-corrected chi connectivity index (χ1v) is 9.57. The van der Waals surface area contributed by atoms with E-state index in [0.717, 1.165) is 28.9 Å². The molecule has 140 valence electrons. The Labute approximate surface area is 161 Å². The predicted octanol–water partition coefficient (Wildman–Crippen LogP) is 4.70. The van der Waals surface area contributed by atoms with Crippen molar-refractivity contribution >= 4 is 5.91 Å². The van der Waals surface area contributed by atoms with Crippen molar-refractivity contribution < 1.29 is 4.79 Å². The maximum Gasteiger partial charge on any atom is 0.220 e. The summed E-state index contributed by atoms with van der Waals surface area (Å²) in [5.74, 6) is 0.0895. The number of nitrogens with one attached hydrogen (secondary N) is 1. The van der Waals surface area contributed by atoms with Crippen molar-refractivity contribution in [3.05, 3.63) is 71.9 Å². The third kappa shape index (κ3) is 4.85. The number of hydrogen-bond donors (Lipinski definition) is 1. The van der Waals surface area contributed by atoms with Crippen LogP contribution in [-0.2, 0) is 11.2 Å². The summed E-state index contributed by atoms with van der Waals surface area (Å²) in [7, 11) is 0. The van der Waals surface area contributed by atoms with Gasteiger partial charge in [0.25, 0.3) is 0 Å². The van der Waals surface area contributed by atoms with Crippen molar-refractivity contribution in [1.29, 1.82) is 0 Å². The van der Waals surface area contributed by atoms with Gasteiger partial charge in [-0.3, -0.25) is 4.79 Å². The van der Waals surface area contributed by atoms with Crippen molar-refractivity contribution in [3.8, 4) is 16.9 Å². The summed E-state index contributed by atoms with van der Waals surface area (Å²) in [6, 6.07) is 18.6. The van der Waals surface area contributed by atoms with E-state index >= 15 is 0 Å². The largest absolute Gasteiger partial charge is 0.354 e. The zero-order valence-corrected chi connectivity index (χ0v) is 16.3. The number of nitrogens with zero attached hydrogens (tertiary/aromatic N) is 2. The van der Waals surface area contributed by atoms with Crippen molar-refractivity contribution in [2.75, 3.05) is 0 Å². The summed E-state index contributed by atoms with van der Waals surface area (Å²) in [6.07, 6.45) is 4.11. The zero-order chi connectivity index (χ0) is 19.2. The Morgan fingerprint density at radius 1 is 1.11 bits per heavy atom. The molecule has 0 bridgehead atoms. The van der Waals surface area contributed by atoms with E-state index in [9.17, 15) is 4.79 Å². The Bertz CT molecular complexity index is 882. The quantitative estimate of drug-likeness (QED) is 0.663. The number of carbonyl (C=O) groups is 1. The molecule has 0 radical (unpaired) electrons. The molecule has 1 amide bonds. The molecule has 3 aromatic rings. The molecule has 0 aliphatic heterocycles. The van der Waals surface area contributed by atoms with E-state index in [2.05, 4.69) is 43.4 Å². The lowest BCUT2D eigenvalue weighted by atomic mass is 10.0. The number of benzene rings is 2. The lowest BCUT2D eigenvalue weighted by Gasteiger charge is -2.11. The van der Waals surface area contributed by atoms with Crippen molar-refractivity contribution in [2.45, 2.75) is 46.1 Å². The summed E-state index contributed by atoms with van der Waals surface area (Å²) < 4.78 is 1.90. The van der Waals surface area contributed by atoms with Gasteiger partial charge in [-0.15, -0.1) is 0 Å². The second-order valence-electron chi connectivity index (χ2n) is 7.03. The molecule has 4 nitrogen and oxygen atoms in total. The van der Waals surface area contributed by atoms with Crippen LogP contribution in [0.15, 0.2) is 60.8 Å². The van der Waals surface area contributed by atoms with E-state index < -0.39 is 0 Å². The second kappa shape index (κ2) is 8.67. The number of carbonyl (C=O) groups excluding carboxylic acids is 1. The molecular formula is C23H27N3O. The Balaban J connectivity index is 1.87. The molecule has 1 heterocycles. The number of aryl methyl sites for hydroxylation is 2. The van der Waals surface area contributed by atoms with E-state index in [0.29, 0.717) is 12.8 Å².